The molecule has 6 heteroatoms. The molecule has 0 atom stereocenters. The van der Waals surface area contributed by atoms with Gasteiger partial charge in [0.1, 0.15) is 0 Å². The maximum Gasteiger partial charge on any atom is 0.230 e. The molecule has 6 nitrogen and oxygen atoms in total. The Balaban J connectivity index is 1.83. The van der Waals surface area contributed by atoms with Gasteiger partial charge in [-0.1, -0.05) is 6.92 Å². The fourth-order valence-corrected chi connectivity index (χ4v) is 2.55. The number of amides is 1. The molecule has 0 aliphatic carbocycles. The molecule has 2 aromatic heterocycles. The number of hydrogen-bond donors (Lipinski definition) is 2. The van der Waals surface area contributed by atoms with E-state index < -0.39 is 0 Å². The lowest BCUT2D eigenvalue weighted by molar-refractivity contribution is -0.126. The van der Waals surface area contributed by atoms with Crippen molar-refractivity contribution in [1.29, 1.82) is 0 Å². The zero-order valence-corrected chi connectivity index (χ0v) is 12.0. The Morgan fingerprint density at radius 1 is 1.33 bits per heavy atom. The van der Waals surface area contributed by atoms with Gasteiger partial charge >= 0.3 is 0 Å². The third-order valence-electron chi connectivity index (χ3n) is 4.01. The van der Waals surface area contributed by atoms with Crippen LogP contribution >= 0.6 is 0 Å². The zero-order chi connectivity index (χ0) is 14.7. The summed E-state index contributed by atoms with van der Waals surface area (Å²) in [6.07, 6.45) is 6.88. The molecule has 1 saturated heterocycles. The minimum absolute atomic E-state index is 0.0467. The molecule has 3 heterocycles. The van der Waals surface area contributed by atoms with Crippen LogP contribution in [0.4, 0.5) is 5.69 Å². The highest BCUT2D eigenvalue weighted by Crippen LogP contribution is 2.30. The lowest BCUT2D eigenvalue weighted by atomic mass is 9.80. The van der Waals surface area contributed by atoms with Crippen LogP contribution in [0.2, 0.25) is 0 Å². The van der Waals surface area contributed by atoms with Crippen molar-refractivity contribution in [3.63, 3.8) is 0 Å². The summed E-state index contributed by atoms with van der Waals surface area (Å²) in [4.78, 5) is 16.9. The van der Waals surface area contributed by atoms with Crippen molar-refractivity contribution in [3.05, 3.63) is 36.8 Å². The summed E-state index contributed by atoms with van der Waals surface area (Å²) in [5.74, 6) is 0.679. The summed E-state index contributed by atoms with van der Waals surface area (Å²) >= 11 is 0. The largest absolute Gasteiger partial charge is 0.322 e. The molecule has 0 radical (unpaired) electrons. The van der Waals surface area contributed by atoms with Crippen molar-refractivity contribution in [2.75, 3.05) is 18.4 Å². The maximum atomic E-state index is 12.6. The maximum absolute atomic E-state index is 12.6. The molecule has 110 valence electrons. The van der Waals surface area contributed by atoms with Crippen molar-refractivity contribution in [3.8, 4) is 5.82 Å². The Morgan fingerprint density at radius 2 is 2.14 bits per heavy atom. The first-order valence-electron chi connectivity index (χ1n) is 7.16. The Bertz CT molecular complexity index is 617. The average molecular weight is 285 g/mol. The molecule has 1 fully saturated rings. The lowest BCUT2D eigenvalue weighted by Crippen LogP contribution is -2.43. The molecular weight excluding hydrogens is 266 g/mol. The second-order valence-corrected chi connectivity index (χ2v) is 5.59. The molecule has 0 bridgehead atoms. The summed E-state index contributed by atoms with van der Waals surface area (Å²) in [6.45, 7) is 3.78. The molecule has 0 saturated carbocycles. The number of hydrogen-bond acceptors (Lipinski definition) is 4. The molecule has 1 amide bonds. The van der Waals surface area contributed by atoms with Gasteiger partial charge < -0.3 is 10.6 Å². The Kier molecular flexibility index (Phi) is 3.70. The normalized spacial score (nSPS) is 17.4. The number of anilines is 1. The van der Waals surface area contributed by atoms with Crippen molar-refractivity contribution in [2.45, 2.75) is 19.8 Å². The van der Waals surface area contributed by atoms with Crippen LogP contribution in [0.15, 0.2) is 36.8 Å². The number of nitrogens with zero attached hydrogens (tertiary/aromatic N) is 3. The molecule has 2 aromatic rings. The van der Waals surface area contributed by atoms with Crippen LogP contribution in [0.5, 0.6) is 0 Å². The highest BCUT2D eigenvalue weighted by molar-refractivity contribution is 5.96. The minimum atomic E-state index is -0.331. The smallest absolute Gasteiger partial charge is 0.230 e. The van der Waals surface area contributed by atoms with E-state index in [0.29, 0.717) is 11.5 Å². The van der Waals surface area contributed by atoms with Gasteiger partial charge in [0.2, 0.25) is 5.91 Å². The first kappa shape index (κ1) is 13.8. The average Bonchev–Trinajstić information content (AvgIpc) is 3.02. The highest BCUT2D eigenvalue weighted by atomic mass is 16.2. The van der Waals surface area contributed by atoms with Crippen LogP contribution in [0.1, 0.15) is 19.8 Å². The van der Waals surface area contributed by atoms with Gasteiger partial charge in [0.15, 0.2) is 5.82 Å². The summed E-state index contributed by atoms with van der Waals surface area (Å²) in [6, 6.07) is 5.49. The van der Waals surface area contributed by atoms with E-state index in [2.05, 4.69) is 20.7 Å². The molecule has 0 aromatic carbocycles. The molecule has 3 rings (SSSR count). The van der Waals surface area contributed by atoms with E-state index in [1.165, 1.54) is 0 Å². The molecule has 2 N–H and O–H groups in total. The van der Waals surface area contributed by atoms with E-state index in [4.69, 9.17) is 0 Å². The summed E-state index contributed by atoms with van der Waals surface area (Å²) in [7, 11) is 0. The summed E-state index contributed by atoms with van der Waals surface area (Å²) in [5, 5.41) is 10.5. The third-order valence-corrected chi connectivity index (χ3v) is 4.01. The monoisotopic (exact) mass is 285 g/mol. The van der Waals surface area contributed by atoms with Crippen molar-refractivity contribution in [2.24, 2.45) is 5.41 Å². The topological polar surface area (TPSA) is 71.8 Å². The number of pyridine rings is 1. The van der Waals surface area contributed by atoms with Crippen LogP contribution in [-0.4, -0.2) is 33.8 Å². The van der Waals surface area contributed by atoms with E-state index in [9.17, 15) is 4.79 Å². The summed E-state index contributed by atoms with van der Waals surface area (Å²) < 4.78 is 1.65. The predicted octanol–water partition coefficient (Wildman–Crippen LogP) is 1.60. The molecule has 1 aliphatic rings. The molecule has 1 aliphatic heterocycles. The van der Waals surface area contributed by atoms with Crippen molar-refractivity contribution in [1.82, 2.24) is 20.1 Å². The van der Waals surface area contributed by atoms with Gasteiger partial charge in [0, 0.05) is 24.0 Å². The Morgan fingerprint density at radius 3 is 2.86 bits per heavy atom. The van der Waals surface area contributed by atoms with Gasteiger partial charge in [-0.3, -0.25) is 4.79 Å². The number of nitrogens with one attached hydrogen (secondary N) is 2. The Hall–Kier alpha value is -2.21. The van der Waals surface area contributed by atoms with Gasteiger partial charge in [-0.05, 0) is 44.1 Å². The number of piperidine rings is 1. The van der Waals surface area contributed by atoms with Crippen LogP contribution in [-0.2, 0) is 4.79 Å². The number of carbonyl (C=O) groups excluding carboxylic acids is 1. The lowest BCUT2D eigenvalue weighted by Gasteiger charge is -2.32. The van der Waals surface area contributed by atoms with E-state index in [0.717, 1.165) is 25.9 Å². The van der Waals surface area contributed by atoms with E-state index >= 15 is 0 Å². The number of aromatic nitrogens is 3. The van der Waals surface area contributed by atoms with Gasteiger partial charge in [0.25, 0.3) is 0 Å². The standard InChI is InChI=1S/C15H19N5O/c1-15(5-9-16-10-6-15)14(21)19-12-4-2-7-17-13(12)20-11-3-8-18-20/h2-4,7-8,11,16H,5-6,9-10H2,1H3,(H,19,21). The third kappa shape index (κ3) is 2.80. The van der Waals surface area contributed by atoms with Crippen molar-refractivity contribution >= 4 is 11.6 Å². The van der Waals surface area contributed by atoms with E-state index in [1.807, 2.05) is 31.3 Å². The van der Waals surface area contributed by atoms with Crippen LogP contribution in [0.25, 0.3) is 5.82 Å². The van der Waals surface area contributed by atoms with Crippen LogP contribution in [0.3, 0.4) is 0 Å². The molecule has 0 spiro atoms. The zero-order valence-electron chi connectivity index (χ0n) is 12.0. The number of rotatable bonds is 3. The molecular formula is C15H19N5O. The minimum Gasteiger partial charge on any atom is -0.322 e. The first-order valence-corrected chi connectivity index (χ1v) is 7.16. The van der Waals surface area contributed by atoms with Crippen LogP contribution in [0, 0.1) is 5.41 Å². The Labute approximate surface area is 123 Å². The van der Waals surface area contributed by atoms with Gasteiger partial charge in [0.05, 0.1) is 5.69 Å². The second-order valence-electron chi connectivity index (χ2n) is 5.59. The quantitative estimate of drug-likeness (QED) is 0.898. The fourth-order valence-electron chi connectivity index (χ4n) is 2.55. The van der Waals surface area contributed by atoms with E-state index in [-0.39, 0.29) is 11.3 Å². The van der Waals surface area contributed by atoms with Gasteiger partial charge in [-0.2, -0.15) is 5.10 Å². The first-order chi connectivity index (χ1) is 10.2. The highest BCUT2D eigenvalue weighted by Gasteiger charge is 2.34. The SMILES string of the molecule is CC1(C(=O)Nc2cccnc2-n2cccn2)CCNCC1. The summed E-state index contributed by atoms with van der Waals surface area (Å²) in [5.41, 5.74) is 0.355. The van der Waals surface area contributed by atoms with Gasteiger partial charge in [-0.25, -0.2) is 9.67 Å². The van der Waals surface area contributed by atoms with Gasteiger partial charge in [-0.15, -0.1) is 0 Å². The number of carbonyl (C=O) groups is 1. The van der Waals surface area contributed by atoms with Crippen LogP contribution < -0.4 is 10.6 Å². The predicted molar refractivity (Wildman–Crippen MR) is 80.2 cm³/mol. The van der Waals surface area contributed by atoms with E-state index in [1.54, 1.807) is 17.1 Å². The fraction of sp³-hybridized carbons (Fsp3) is 0.400. The molecule has 0 unspecified atom stereocenters. The van der Waals surface area contributed by atoms with Crippen molar-refractivity contribution < 1.29 is 4.79 Å². The second kappa shape index (κ2) is 5.65. The molecule has 21 heavy (non-hydrogen) atoms.